The second-order valence-electron chi connectivity index (χ2n) is 11.3. The van der Waals surface area contributed by atoms with Crippen LogP contribution in [0.1, 0.15) is 65.5 Å². The fourth-order valence-corrected chi connectivity index (χ4v) is 4.88. The summed E-state index contributed by atoms with van der Waals surface area (Å²) >= 11 is 0. The third kappa shape index (κ3) is 7.91. The number of aliphatic hydroxyl groups is 1. The van der Waals surface area contributed by atoms with Crippen molar-refractivity contribution in [3.8, 4) is 11.3 Å². The monoisotopic (exact) mass is 552 g/mol. The quantitative estimate of drug-likeness (QED) is 0.260. The standard InChI is InChI=1S/C31H41FN4O4/c1-6-7-13-26(28(37)29(38)34-21(2)22-11-9-8-10-12-22)36(30(39)40)27(31(3,4)5)19-35-18-25(33-20-35)23-14-16-24(32)17-15-23/h8-12,14-18,20-21,26-28,37H,6-7,13,19H2,1-5H3,(H,34,38)(H,39,40)/t21-,26+,27-,28-/m1/s1. The Morgan fingerprint density at radius 1 is 1.10 bits per heavy atom. The number of imidazole rings is 1. The molecule has 2 aromatic carbocycles. The fraction of sp³-hybridized carbons (Fsp3) is 0.452. The SMILES string of the molecule is CCCC[C@@H]([C@@H](O)C(=O)N[C@H](C)c1ccccc1)N(C(=O)O)[C@H](Cn1cnc(-c2ccc(F)cc2)c1)C(C)(C)C. The number of benzene rings is 2. The maximum absolute atomic E-state index is 13.4. The fourth-order valence-electron chi connectivity index (χ4n) is 4.88. The van der Waals surface area contributed by atoms with Crippen LogP contribution in [0.25, 0.3) is 11.3 Å². The van der Waals surface area contributed by atoms with Gasteiger partial charge in [-0.1, -0.05) is 70.9 Å². The average molecular weight is 553 g/mol. The highest BCUT2D eigenvalue weighted by molar-refractivity contribution is 5.82. The molecule has 4 atom stereocenters. The largest absolute Gasteiger partial charge is 0.465 e. The van der Waals surface area contributed by atoms with Gasteiger partial charge in [0.15, 0.2) is 6.10 Å². The zero-order chi connectivity index (χ0) is 29.4. The number of unbranched alkanes of at least 4 members (excludes halogenated alkanes) is 1. The maximum atomic E-state index is 13.4. The van der Waals surface area contributed by atoms with Gasteiger partial charge in [0.1, 0.15) is 5.82 Å². The molecule has 0 radical (unpaired) electrons. The molecule has 0 aliphatic carbocycles. The van der Waals surface area contributed by atoms with E-state index in [-0.39, 0.29) is 18.4 Å². The van der Waals surface area contributed by atoms with E-state index >= 15 is 0 Å². The number of nitrogens with zero attached hydrogens (tertiary/aromatic N) is 3. The lowest BCUT2D eigenvalue weighted by atomic mass is 9.83. The predicted molar refractivity (Wildman–Crippen MR) is 153 cm³/mol. The molecule has 0 spiro atoms. The third-order valence-electron chi connectivity index (χ3n) is 7.22. The van der Waals surface area contributed by atoms with Gasteiger partial charge in [-0.2, -0.15) is 0 Å². The van der Waals surface area contributed by atoms with Crippen molar-refractivity contribution in [2.24, 2.45) is 5.41 Å². The summed E-state index contributed by atoms with van der Waals surface area (Å²) in [5.41, 5.74) is 1.71. The summed E-state index contributed by atoms with van der Waals surface area (Å²) in [5.74, 6) is -0.954. The number of nitrogens with one attached hydrogen (secondary N) is 1. The van der Waals surface area contributed by atoms with Crippen LogP contribution < -0.4 is 5.32 Å². The molecule has 40 heavy (non-hydrogen) atoms. The molecule has 0 saturated carbocycles. The van der Waals surface area contributed by atoms with Crippen LogP contribution in [0, 0.1) is 11.2 Å². The van der Waals surface area contributed by atoms with E-state index in [0.29, 0.717) is 18.5 Å². The first-order chi connectivity index (χ1) is 18.9. The van der Waals surface area contributed by atoms with Gasteiger partial charge in [-0.25, -0.2) is 14.2 Å². The van der Waals surface area contributed by atoms with Crippen LogP contribution in [-0.2, 0) is 11.3 Å². The first-order valence-corrected chi connectivity index (χ1v) is 13.7. The summed E-state index contributed by atoms with van der Waals surface area (Å²) in [6.45, 7) is 9.87. The molecule has 8 nitrogen and oxygen atoms in total. The van der Waals surface area contributed by atoms with Crippen molar-refractivity contribution in [1.29, 1.82) is 0 Å². The van der Waals surface area contributed by atoms with Crippen LogP contribution in [-0.4, -0.2) is 54.9 Å². The van der Waals surface area contributed by atoms with E-state index in [1.165, 1.54) is 17.0 Å². The van der Waals surface area contributed by atoms with Crippen LogP contribution >= 0.6 is 0 Å². The Balaban J connectivity index is 1.90. The number of carbonyl (C=O) groups excluding carboxylic acids is 1. The van der Waals surface area contributed by atoms with Crippen molar-refractivity contribution in [2.75, 3.05) is 0 Å². The van der Waals surface area contributed by atoms with Gasteiger partial charge >= 0.3 is 6.09 Å². The van der Waals surface area contributed by atoms with E-state index in [9.17, 15) is 24.2 Å². The normalized spacial score (nSPS) is 14.7. The summed E-state index contributed by atoms with van der Waals surface area (Å²) in [6, 6.07) is 13.5. The van der Waals surface area contributed by atoms with Crippen molar-refractivity contribution in [3.63, 3.8) is 0 Å². The Morgan fingerprint density at radius 2 is 1.75 bits per heavy atom. The number of halogens is 1. The molecule has 216 valence electrons. The zero-order valence-electron chi connectivity index (χ0n) is 23.9. The summed E-state index contributed by atoms with van der Waals surface area (Å²) in [4.78, 5) is 31.8. The Labute approximate surface area is 235 Å². The first kappa shape index (κ1) is 30.8. The van der Waals surface area contributed by atoms with Gasteiger partial charge in [0.2, 0.25) is 0 Å². The molecule has 3 aromatic rings. The van der Waals surface area contributed by atoms with E-state index in [1.54, 1.807) is 29.2 Å². The predicted octanol–water partition coefficient (Wildman–Crippen LogP) is 5.88. The van der Waals surface area contributed by atoms with Gasteiger partial charge in [-0.3, -0.25) is 9.69 Å². The molecule has 3 rings (SSSR count). The van der Waals surface area contributed by atoms with Gasteiger partial charge in [0.25, 0.3) is 5.91 Å². The number of amides is 2. The lowest BCUT2D eigenvalue weighted by Gasteiger charge is -2.44. The summed E-state index contributed by atoms with van der Waals surface area (Å²) < 4.78 is 15.2. The highest BCUT2D eigenvalue weighted by atomic mass is 19.1. The number of hydrogen-bond acceptors (Lipinski definition) is 4. The molecular formula is C31H41FN4O4. The Hall–Kier alpha value is -3.72. The smallest absolute Gasteiger partial charge is 0.407 e. The minimum atomic E-state index is -1.56. The van der Waals surface area contributed by atoms with Gasteiger partial charge in [-0.05, 0) is 48.6 Å². The number of rotatable bonds is 12. The summed E-state index contributed by atoms with van der Waals surface area (Å²) in [7, 11) is 0. The van der Waals surface area contributed by atoms with Crippen LogP contribution in [0.4, 0.5) is 9.18 Å². The molecular weight excluding hydrogens is 511 g/mol. The molecule has 0 saturated heterocycles. The molecule has 0 bridgehead atoms. The molecule has 0 unspecified atom stereocenters. The lowest BCUT2D eigenvalue weighted by Crippen LogP contribution is -2.59. The topological polar surface area (TPSA) is 108 Å². The molecule has 1 aromatic heterocycles. The Morgan fingerprint density at radius 3 is 2.33 bits per heavy atom. The van der Waals surface area contributed by atoms with Crippen molar-refractivity contribution < 1.29 is 24.2 Å². The number of carbonyl (C=O) groups is 2. The van der Waals surface area contributed by atoms with Crippen LogP contribution in [0.15, 0.2) is 67.1 Å². The van der Waals surface area contributed by atoms with Gasteiger partial charge in [-0.15, -0.1) is 0 Å². The molecule has 3 N–H and O–H groups in total. The van der Waals surface area contributed by atoms with Crippen molar-refractivity contribution >= 4 is 12.0 Å². The van der Waals surface area contributed by atoms with Crippen LogP contribution in [0.3, 0.4) is 0 Å². The van der Waals surface area contributed by atoms with Crippen LogP contribution in [0.2, 0.25) is 0 Å². The molecule has 0 fully saturated rings. The minimum absolute atomic E-state index is 0.251. The Kier molecular flexibility index (Phi) is 10.5. The van der Waals surface area contributed by atoms with Gasteiger partial charge in [0, 0.05) is 18.3 Å². The van der Waals surface area contributed by atoms with Crippen molar-refractivity contribution in [1.82, 2.24) is 19.8 Å². The summed E-state index contributed by atoms with van der Waals surface area (Å²) in [5, 5.41) is 24.6. The number of carboxylic acid groups (broad SMARTS) is 1. The second kappa shape index (κ2) is 13.6. The summed E-state index contributed by atoms with van der Waals surface area (Å²) in [6.07, 6.45) is 2.39. The molecule has 1 heterocycles. The lowest BCUT2D eigenvalue weighted by molar-refractivity contribution is -0.134. The van der Waals surface area contributed by atoms with E-state index in [2.05, 4.69) is 10.3 Å². The third-order valence-corrected chi connectivity index (χ3v) is 7.22. The molecule has 0 aliphatic heterocycles. The molecule has 0 aliphatic rings. The van der Waals surface area contributed by atoms with Gasteiger partial charge in [0.05, 0.1) is 30.1 Å². The number of hydrogen-bond donors (Lipinski definition) is 3. The average Bonchev–Trinajstić information content (AvgIpc) is 3.38. The second-order valence-corrected chi connectivity index (χ2v) is 11.3. The molecule has 9 heteroatoms. The van der Waals surface area contributed by atoms with Crippen LogP contribution in [0.5, 0.6) is 0 Å². The Bertz CT molecular complexity index is 1240. The van der Waals surface area contributed by atoms with E-state index < -0.39 is 35.6 Å². The van der Waals surface area contributed by atoms with E-state index in [4.69, 9.17) is 0 Å². The number of aliphatic hydroxyl groups excluding tert-OH is 1. The van der Waals surface area contributed by atoms with E-state index in [1.807, 2.05) is 65.0 Å². The zero-order valence-corrected chi connectivity index (χ0v) is 23.9. The van der Waals surface area contributed by atoms with E-state index in [0.717, 1.165) is 17.5 Å². The van der Waals surface area contributed by atoms with Crippen molar-refractivity contribution in [2.45, 2.75) is 84.7 Å². The van der Waals surface area contributed by atoms with Crippen molar-refractivity contribution in [3.05, 3.63) is 78.5 Å². The highest BCUT2D eigenvalue weighted by Crippen LogP contribution is 2.31. The molecule has 2 amide bonds. The van der Waals surface area contributed by atoms with Gasteiger partial charge < -0.3 is 20.1 Å². The maximum Gasteiger partial charge on any atom is 0.407 e. The minimum Gasteiger partial charge on any atom is -0.465 e. The number of aromatic nitrogens is 2. The highest BCUT2D eigenvalue weighted by Gasteiger charge is 2.42. The first-order valence-electron chi connectivity index (χ1n) is 13.7.